The van der Waals surface area contributed by atoms with Gasteiger partial charge in [-0.1, -0.05) is 66.7 Å². The third kappa shape index (κ3) is 8.68. The highest BCUT2D eigenvalue weighted by Crippen LogP contribution is 2.55. The Labute approximate surface area is 312 Å². The van der Waals surface area contributed by atoms with Gasteiger partial charge < -0.3 is 19.9 Å². The standard InChI is InChI=1S/C42H37N2O7PS/c1-28(45)49-26-32(50-29(2)46)25-31-24-30(22-23-38(31)51-40(41(43)48)42-44-36-20-12-13-21-39(36)53-42)37(47)27-52(33-14-6-3-7-15-33,34-16-8-4-9-17-34)35-18-10-5-11-19-35/h3-24,32,40H,25-27H2,1-2H3,(H-,43,48)/p+1. The normalized spacial score (nSPS) is 12.4. The Morgan fingerprint density at radius 2 is 1.30 bits per heavy atom. The molecule has 0 saturated heterocycles. The first-order valence-corrected chi connectivity index (χ1v) is 19.8. The summed E-state index contributed by atoms with van der Waals surface area (Å²) in [4.78, 5) is 56.1. The summed E-state index contributed by atoms with van der Waals surface area (Å²) in [5.74, 6) is -1.77. The molecule has 0 spiro atoms. The van der Waals surface area contributed by atoms with Gasteiger partial charge in [-0.05, 0) is 72.3 Å². The van der Waals surface area contributed by atoms with Gasteiger partial charge in [0.25, 0.3) is 5.91 Å². The van der Waals surface area contributed by atoms with E-state index in [4.69, 9.17) is 19.9 Å². The number of para-hydroxylation sites is 1. The minimum Gasteiger partial charge on any atom is -0.473 e. The highest BCUT2D eigenvalue weighted by Gasteiger charge is 2.47. The van der Waals surface area contributed by atoms with Crippen LogP contribution in [0.15, 0.2) is 133 Å². The molecule has 2 N–H and O–H groups in total. The highest BCUT2D eigenvalue weighted by atomic mass is 32.1. The number of carbonyl (C=O) groups is 4. The lowest BCUT2D eigenvalue weighted by Gasteiger charge is -2.27. The molecule has 268 valence electrons. The van der Waals surface area contributed by atoms with Crippen molar-refractivity contribution in [3.05, 3.63) is 150 Å². The SMILES string of the molecule is CC(=O)OCC(Cc1cc(C(=O)C[P+](c2ccccc2)(c2ccccc2)c2ccccc2)ccc1OC(C(N)=O)c1nc2ccccc2s1)OC(C)=O. The first kappa shape index (κ1) is 37.1. The van der Waals surface area contributed by atoms with E-state index in [1.807, 2.05) is 78.9 Å². The summed E-state index contributed by atoms with van der Waals surface area (Å²) >= 11 is 1.29. The number of ether oxygens (including phenoxy) is 3. The quantitative estimate of drug-likeness (QED) is 0.0756. The van der Waals surface area contributed by atoms with Crippen LogP contribution in [0.2, 0.25) is 0 Å². The van der Waals surface area contributed by atoms with Crippen molar-refractivity contribution in [3.8, 4) is 5.75 Å². The van der Waals surface area contributed by atoms with E-state index in [1.54, 1.807) is 18.2 Å². The molecule has 1 aromatic heterocycles. The monoisotopic (exact) mass is 745 g/mol. The molecule has 5 aromatic carbocycles. The molecular formula is C42H38N2O7PS+. The number of Topliss-reactive ketones (excluding diaryl/α,β-unsaturated/α-hetero) is 1. The molecule has 6 aromatic rings. The number of carbonyl (C=O) groups excluding carboxylic acids is 4. The molecule has 9 nitrogen and oxygen atoms in total. The third-order valence-electron chi connectivity index (χ3n) is 8.64. The van der Waals surface area contributed by atoms with Crippen molar-refractivity contribution in [2.45, 2.75) is 32.5 Å². The van der Waals surface area contributed by atoms with Crippen molar-refractivity contribution in [3.63, 3.8) is 0 Å². The van der Waals surface area contributed by atoms with Gasteiger partial charge in [-0.15, -0.1) is 11.3 Å². The number of thiazole rings is 1. The van der Waals surface area contributed by atoms with Gasteiger partial charge in [0.15, 0.2) is 0 Å². The van der Waals surface area contributed by atoms with Crippen molar-refractivity contribution in [2.24, 2.45) is 5.73 Å². The van der Waals surface area contributed by atoms with E-state index >= 15 is 0 Å². The molecule has 0 aliphatic rings. The number of benzene rings is 5. The maximum absolute atomic E-state index is 14.7. The lowest BCUT2D eigenvalue weighted by Crippen LogP contribution is -2.35. The second kappa shape index (κ2) is 16.8. The zero-order valence-electron chi connectivity index (χ0n) is 29.2. The predicted molar refractivity (Wildman–Crippen MR) is 209 cm³/mol. The fourth-order valence-corrected chi connectivity index (χ4v) is 11.4. The van der Waals surface area contributed by atoms with Crippen LogP contribution in [0, 0.1) is 0 Å². The van der Waals surface area contributed by atoms with Crippen molar-refractivity contribution in [2.75, 3.05) is 12.8 Å². The smallest absolute Gasteiger partial charge is 0.303 e. The van der Waals surface area contributed by atoms with Crippen LogP contribution in [0.4, 0.5) is 0 Å². The molecule has 1 amide bonds. The number of hydrogen-bond acceptors (Lipinski definition) is 9. The lowest BCUT2D eigenvalue weighted by molar-refractivity contribution is -0.156. The maximum atomic E-state index is 14.7. The van der Waals surface area contributed by atoms with Gasteiger partial charge in [0, 0.05) is 25.8 Å². The van der Waals surface area contributed by atoms with E-state index in [0.717, 1.165) is 20.6 Å². The van der Waals surface area contributed by atoms with Crippen molar-refractivity contribution in [1.29, 1.82) is 0 Å². The summed E-state index contributed by atoms with van der Waals surface area (Å²) in [5.41, 5.74) is 7.41. The summed E-state index contributed by atoms with van der Waals surface area (Å²) in [6.45, 7) is 2.29. The molecule has 0 radical (unpaired) electrons. The van der Waals surface area contributed by atoms with Crippen LogP contribution in [0.5, 0.6) is 5.75 Å². The fourth-order valence-electron chi connectivity index (χ4n) is 6.29. The largest absolute Gasteiger partial charge is 0.473 e. The molecule has 2 atom stereocenters. The fraction of sp³-hybridized carbons (Fsp3) is 0.167. The van der Waals surface area contributed by atoms with Crippen LogP contribution < -0.4 is 26.4 Å². The number of amides is 1. The zero-order valence-corrected chi connectivity index (χ0v) is 30.9. The van der Waals surface area contributed by atoms with Crippen molar-refractivity contribution >= 4 is 68.4 Å². The molecule has 2 unspecified atom stereocenters. The van der Waals surface area contributed by atoms with Crippen LogP contribution >= 0.6 is 18.6 Å². The Balaban J connectivity index is 1.44. The van der Waals surface area contributed by atoms with E-state index < -0.39 is 37.3 Å². The topological polar surface area (TPSA) is 135 Å². The van der Waals surface area contributed by atoms with E-state index in [1.165, 1.54) is 25.2 Å². The molecule has 0 aliphatic heterocycles. The Bertz CT molecular complexity index is 2100. The van der Waals surface area contributed by atoms with Crippen LogP contribution in [-0.2, 0) is 30.3 Å². The van der Waals surface area contributed by atoms with Gasteiger partial charge in [-0.2, -0.15) is 0 Å². The summed E-state index contributed by atoms with van der Waals surface area (Å²) in [7, 11) is -2.54. The van der Waals surface area contributed by atoms with Crippen molar-refractivity contribution in [1.82, 2.24) is 4.98 Å². The molecule has 6 rings (SSSR count). The van der Waals surface area contributed by atoms with Crippen LogP contribution in [0.1, 0.15) is 40.9 Å². The Hall–Kier alpha value is -5.70. The van der Waals surface area contributed by atoms with Gasteiger partial charge in [0.2, 0.25) is 11.9 Å². The third-order valence-corrected chi connectivity index (χ3v) is 14.0. The number of hydrogen-bond donors (Lipinski definition) is 1. The number of rotatable bonds is 15. The first-order chi connectivity index (χ1) is 25.6. The molecule has 0 fully saturated rings. The summed E-state index contributed by atoms with van der Waals surface area (Å²) in [6, 6.07) is 42.7. The Morgan fingerprint density at radius 3 is 1.83 bits per heavy atom. The number of nitrogens with zero attached hydrogens (tertiary/aromatic N) is 1. The molecule has 0 bridgehead atoms. The summed E-state index contributed by atoms with van der Waals surface area (Å²) in [6.07, 6.45) is -1.98. The average Bonchev–Trinajstić information content (AvgIpc) is 3.60. The highest BCUT2D eigenvalue weighted by molar-refractivity contribution is 7.96. The maximum Gasteiger partial charge on any atom is 0.303 e. The predicted octanol–water partition coefficient (Wildman–Crippen LogP) is 6.12. The van der Waals surface area contributed by atoms with Crippen LogP contribution in [-0.4, -0.2) is 47.5 Å². The van der Waals surface area contributed by atoms with Gasteiger partial charge in [0.1, 0.15) is 52.8 Å². The molecule has 0 aliphatic carbocycles. The number of esters is 2. The molecule has 53 heavy (non-hydrogen) atoms. The molecule has 11 heteroatoms. The lowest BCUT2D eigenvalue weighted by atomic mass is 10.0. The van der Waals surface area contributed by atoms with E-state index in [2.05, 4.69) is 41.4 Å². The average molecular weight is 746 g/mol. The number of nitrogens with two attached hydrogens (primary N) is 1. The van der Waals surface area contributed by atoms with Crippen molar-refractivity contribution < 1.29 is 33.4 Å². The number of ketones is 1. The Kier molecular flexibility index (Phi) is 11.7. The van der Waals surface area contributed by atoms with E-state index in [0.29, 0.717) is 21.7 Å². The van der Waals surface area contributed by atoms with Gasteiger partial charge in [-0.3, -0.25) is 19.2 Å². The minimum absolute atomic E-state index is 0.00494. The van der Waals surface area contributed by atoms with Gasteiger partial charge in [0.05, 0.1) is 10.2 Å². The van der Waals surface area contributed by atoms with Gasteiger partial charge >= 0.3 is 11.9 Å². The van der Waals surface area contributed by atoms with E-state index in [9.17, 15) is 19.2 Å². The molecular weight excluding hydrogens is 708 g/mol. The number of aromatic nitrogens is 1. The molecule has 0 saturated carbocycles. The zero-order chi connectivity index (χ0) is 37.4. The summed E-state index contributed by atoms with van der Waals surface area (Å²) < 4.78 is 17.9. The van der Waals surface area contributed by atoms with Crippen LogP contribution in [0.25, 0.3) is 10.2 Å². The number of primary amides is 1. The Morgan fingerprint density at radius 1 is 0.736 bits per heavy atom. The summed E-state index contributed by atoms with van der Waals surface area (Å²) in [5, 5.41) is 3.54. The first-order valence-electron chi connectivity index (χ1n) is 17.0. The van der Waals surface area contributed by atoms with Gasteiger partial charge in [-0.25, -0.2) is 4.98 Å². The van der Waals surface area contributed by atoms with E-state index in [-0.39, 0.29) is 30.7 Å². The minimum atomic E-state index is -2.54. The second-order valence-corrected chi connectivity index (χ2v) is 16.9. The van der Waals surface area contributed by atoms with Crippen LogP contribution in [0.3, 0.4) is 0 Å². The number of fused-ring (bicyclic) bond motifs is 1. The second-order valence-electron chi connectivity index (χ2n) is 12.4. The molecule has 1 heterocycles.